The molecule has 32 heavy (non-hydrogen) atoms. The lowest BCUT2D eigenvalue weighted by Gasteiger charge is -2.52. The van der Waals surface area contributed by atoms with Crippen LogP contribution in [0.25, 0.3) is 0 Å². The predicted octanol–water partition coefficient (Wildman–Crippen LogP) is 4.43. The normalized spacial score (nSPS) is 24.7. The molecule has 3 aliphatic rings. The lowest BCUT2D eigenvalue weighted by Crippen LogP contribution is -2.73. The number of carbonyl (C=O) groups is 2. The second-order valence-electron chi connectivity index (χ2n) is 10.4. The van der Waals surface area contributed by atoms with Crippen LogP contribution in [0.1, 0.15) is 82.3 Å². The monoisotopic (exact) mass is 439 g/mol. The largest absolute Gasteiger partial charge is 0.342 e. The molecule has 2 saturated heterocycles. The molecule has 0 bridgehead atoms. The van der Waals surface area contributed by atoms with E-state index in [0.717, 1.165) is 51.7 Å². The van der Waals surface area contributed by atoms with Crippen molar-refractivity contribution in [1.82, 2.24) is 15.1 Å². The zero-order valence-corrected chi connectivity index (χ0v) is 20.1. The van der Waals surface area contributed by atoms with Gasteiger partial charge in [0.05, 0.1) is 0 Å². The summed E-state index contributed by atoms with van der Waals surface area (Å²) in [5, 5.41) is 3.20. The van der Waals surface area contributed by atoms with Crippen molar-refractivity contribution in [3.8, 4) is 0 Å². The molecule has 1 unspecified atom stereocenters. The Labute approximate surface area is 193 Å². The van der Waals surface area contributed by atoms with Crippen molar-refractivity contribution in [2.75, 3.05) is 19.6 Å². The highest BCUT2D eigenvalue weighted by Crippen LogP contribution is 2.36. The standard InChI is InChI=1S/C27H41N3O2/c1-3-4-15-30-25(31)24(19-22-10-6-5-7-11-22)28-26(32)27(30)13-16-29(17-14-27)20-23-12-8-9-21(2)18-23/h8-9,12,18,22,24H,3-7,10-11,13-17,19-20H2,1-2H3,(H,28,32). The second kappa shape index (κ2) is 10.4. The van der Waals surface area contributed by atoms with E-state index in [1.165, 1.54) is 43.2 Å². The summed E-state index contributed by atoms with van der Waals surface area (Å²) in [6.45, 7) is 7.61. The Morgan fingerprint density at radius 3 is 2.53 bits per heavy atom. The number of hydrogen-bond acceptors (Lipinski definition) is 3. The molecule has 1 aromatic rings. The average molecular weight is 440 g/mol. The zero-order valence-electron chi connectivity index (χ0n) is 20.1. The van der Waals surface area contributed by atoms with E-state index in [1.54, 1.807) is 0 Å². The molecule has 5 heteroatoms. The Hall–Kier alpha value is -1.88. The molecule has 1 aromatic carbocycles. The van der Waals surface area contributed by atoms with E-state index in [0.29, 0.717) is 12.5 Å². The van der Waals surface area contributed by atoms with Crippen LogP contribution in [0.15, 0.2) is 24.3 Å². The molecule has 176 valence electrons. The molecule has 1 spiro atoms. The molecular formula is C27H41N3O2. The van der Waals surface area contributed by atoms with E-state index in [2.05, 4.69) is 48.3 Å². The Morgan fingerprint density at radius 2 is 1.84 bits per heavy atom. The van der Waals surface area contributed by atoms with Crippen LogP contribution in [0, 0.1) is 12.8 Å². The third-order valence-electron chi connectivity index (χ3n) is 8.01. The molecule has 1 saturated carbocycles. The number of nitrogens with zero attached hydrogens (tertiary/aromatic N) is 2. The van der Waals surface area contributed by atoms with Crippen molar-refractivity contribution in [2.45, 2.75) is 96.2 Å². The fraction of sp³-hybridized carbons (Fsp3) is 0.704. The number of likely N-dealkylation sites (tertiary alicyclic amines) is 1. The van der Waals surface area contributed by atoms with Crippen molar-refractivity contribution in [1.29, 1.82) is 0 Å². The number of carbonyl (C=O) groups excluding carboxylic acids is 2. The van der Waals surface area contributed by atoms with Crippen LogP contribution >= 0.6 is 0 Å². The van der Waals surface area contributed by atoms with E-state index in [9.17, 15) is 9.59 Å². The Balaban J connectivity index is 1.44. The van der Waals surface area contributed by atoms with Gasteiger partial charge in [-0.3, -0.25) is 14.5 Å². The van der Waals surface area contributed by atoms with Crippen LogP contribution in [0.4, 0.5) is 0 Å². The van der Waals surface area contributed by atoms with E-state index in [-0.39, 0.29) is 17.9 Å². The first kappa shape index (κ1) is 23.3. The van der Waals surface area contributed by atoms with Crippen LogP contribution in [0.3, 0.4) is 0 Å². The minimum atomic E-state index is -0.654. The lowest BCUT2D eigenvalue weighted by atomic mass is 9.79. The molecule has 1 N–H and O–H groups in total. The average Bonchev–Trinajstić information content (AvgIpc) is 2.80. The summed E-state index contributed by atoms with van der Waals surface area (Å²) >= 11 is 0. The number of rotatable bonds is 7. The Morgan fingerprint density at radius 1 is 1.09 bits per heavy atom. The maximum absolute atomic E-state index is 13.6. The third kappa shape index (κ3) is 5.03. The van der Waals surface area contributed by atoms with Crippen molar-refractivity contribution in [3.63, 3.8) is 0 Å². The van der Waals surface area contributed by atoms with Crippen LogP contribution in [0.2, 0.25) is 0 Å². The van der Waals surface area contributed by atoms with Crippen molar-refractivity contribution >= 4 is 11.8 Å². The topological polar surface area (TPSA) is 52.7 Å². The van der Waals surface area contributed by atoms with Gasteiger partial charge in [-0.05, 0) is 44.1 Å². The van der Waals surface area contributed by atoms with Gasteiger partial charge < -0.3 is 10.2 Å². The van der Waals surface area contributed by atoms with Gasteiger partial charge in [0.25, 0.3) is 0 Å². The summed E-state index contributed by atoms with van der Waals surface area (Å²) in [6, 6.07) is 8.34. The van der Waals surface area contributed by atoms with E-state index < -0.39 is 5.54 Å². The highest BCUT2D eigenvalue weighted by atomic mass is 16.2. The summed E-state index contributed by atoms with van der Waals surface area (Å²) in [5.41, 5.74) is 1.95. The van der Waals surface area contributed by atoms with E-state index in [4.69, 9.17) is 0 Å². The maximum atomic E-state index is 13.6. The van der Waals surface area contributed by atoms with E-state index in [1.807, 2.05) is 4.90 Å². The van der Waals surface area contributed by atoms with Gasteiger partial charge >= 0.3 is 0 Å². The number of aryl methyl sites for hydroxylation is 1. The van der Waals surface area contributed by atoms with E-state index >= 15 is 0 Å². The van der Waals surface area contributed by atoms with Crippen molar-refractivity contribution < 1.29 is 9.59 Å². The molecule has 0 radical (unpaired) electrons. The van der Waals surface area contributed by atoms with Gasteiger partial charge in [-0.1, -0.05) is 75.3 Å². The number of amides is 2. The quantitative estimate of drug-likeness (QED) is 0.684. The molecule has 1 atom stereocenters. The fourth-order valence-corrected chi connectivity index (χ4v) is 6.08. The van der Waals surface area contributed by atoms with Crippen LogP contribution in [-0.2, 0) is 16.1 Å². The minimum Gasteiger partial charge on any atom is -0.342 e. The van der Waals surface area contributed by atoms with Gasteiger partial charge in [-0.25, -0.2) is 0 Å². The fourth-order valence-electron chi connectivity index (χ4n) is 6.08. The lowest BCUT2D eigenvalue weighted by molar-refractivity contribution is -0.162. The number of piperidine rings is 1. The van der Waals surface area contributed by atoms with Crippen LogP contribution < -0.4 is 5.32 Å². The second-order valence-corrected chi connectivity index (χ2v) is 10.4. The SMILES string of the molecule is CCCCN1C(=O)C(CC2CCCCC2)NC(=O)C12CCN(Cc1cccc(C)c1)CC2. The van der Waals surface area contributed by atoms with Gasteiger partial charge in [0.2, 0.25) is 11.8 Å². The Bertz CT molecular complexity index is 794. The predicted molar refractivity (Wildman–Crippen MR) is 128 cm³/mol. The zero-order chi connectivity index (χ0) is 22.6. The number of unbranched alkanes of at least 4 members (excludes halogenated alkanes) is 1. The summed E-state index contributed by atoms with van der Waals surface area (Å²) in [6.07, 6.45) is 10.5. The smallest absolute Gasteiger partial charge is 0.246 e. The molecule has 1 aliphatic carbocycles. The van der Waals surface area contributed by atoms with Crippen LogP contribution in [-0.4, -0.2) is 52.8 Å². The Kier molecular flexibility index (Phi) is 7.55. The first-order valence-electron chi connectivity index (χ1n) is 12.9. The first-order valence-corrected chi connectivity index (χ1v) is 12.9. The third-order valence-corrected chi connectivity index (χ3v) is 8.01. The first-order chi connectivity index (χ1) is 15.5. The number of hydrogen-bond donors (Lipinski definition) is 1. The van der Waals surface area contributed by atoms with Gasteiger partial charge in [-0.15, -0.1) is 0 Å². The minimum absolute atomic E-state index is 0.101. The number of piperazine rings is 1. The van der Waals surface area contributed by atoms with Gasteiger partial charge in [0.15, 0.2) is 0 Å². The highest BCUT2D eigenvalue weighted by molar-refractivity contribution is 6.00. The molecule has 2 aliphatic heterocycles. The van der Waals surface area contributed by atoms with Crippen molar-refractivity contribution in [2.24, 2.45) is 5.92 Å². The summed E-state index contributed by atoms with van der Waals surface area (Å²) in [7, 11) is 0. The molecule has 2 heterocycles. The molecular weight excluding hydrogens is 398 g/mol. The number of benzene rings is 1. The van der Waals surface area contributed by atoms with Crippen molar-refractivity contribution in [3.05, 3.63) is 35.4 Å². The van der Waals surface area contributed by atoms with Crippen LogP contribution in [0.5, 0.6) is 0 Å². The summed E-state index contributed by atoms with van der Waals surface area (Å²) in [5.74, 6) is 0.858. The highest BCUT2D eigenvalue weighted by Gasteiger charge is 2.53. The van der Waals surface area contributed by atoms with Gasteiger partial charge in [0.1, 0.15) is 11.6 Å². The van der Waals surface area contributed by atoms with Gasteiger partial charge in [0, 0.05) is 26.2 Å². The molecule has 5 nitrogen and oxygen atoms in total. The maximum Gasteiger partial charge on any atom is 0.246 e. The molecule has 2 amide bonds. The molecule has 4 rings (SSSR count). The molecule has 0 aromatic heterocycles. The van der Waals surface area contributed by atoms with Gasteiger partial charge in [-0.2, -0.15) is 0 Å². The summed E-state index contributed by atoms with van der Waals surface area (Å²) < 4.78 is 0. The molecule has 3 fully saturated rings. The number of nitrogens with one attached hydrogen (secondary N) is 1. The summed E-state index contributed by atoms with van der Waals surface area (Å²) in [4.78, 5) is 31.6.